The summed E-state index contributed by atoms with van der Waals surface area (Å²) in [5, 5.41) is 12.2. The molecule has 28 heteroatoms. The molecule has 24 nitrogen and oxygen atoms in total. The van der Waals surface area contributed by atoms with E-state index < -0.39 is 28.1 Å². The molecule has 658 valence electrons. The summed E-state index contributed by atoms with van der Waals surface area (Å²) in [6.45, 7) is 45.0. The average Bonchev–Trinajstić information content (AvgIpc) is 1.59. The number of rotatable bonds is 18. The fourth-order valence-corrected chi connectivity index (χ4v) is 21.5. The van der Waals surface area contributed by atoms with Crippen molar-refractivity contribution in [3.8, 4) is 39.9 Å². The molecule has 6 aromatic carbocycles. The van der Waals surface area contributed by atoms with Gasteiger partial charge in [-0.1, -0.05) is 158 Å². The summed E-state index contributed by atoms with van der Waals surface area (Å²) in [6, 6.07) is 36.9. The Bertz CT molecular complexity index is 6000. The number of hydrogen-bond donors (Lipinski definition) is 0. The van der Waals surface area contributed by atoms with Gasteiger partial charge in [0.25, 0.3) is 0 Å². The van der Waals surface area contributed by atoms with Crippen LogP contribution in [0.25, 0.3) is 49.5 Å². The van der Waals surface area contributed by atoms with Crippen LogP contribution in [-0.2, 0) is 50.7 Å². The van der Waals surface area contributed by atoms with Gasteiger partial charge in [-0.05, 0) is 210 Å². The third-order valence-corrected chi connectivity index (χ3v) is 29.1. The van der Waals surface area contributed by atoms with Crippen LogP contribution < -0.4 is 23.3 Å². The first-order valence-electron chi connectivity index (χ1n) is 42.6. The Balaban J connectivity index is 0.000000141. The third kappa shape index (κ3) is 22.2. The van der Waals surface area contributed by atoms with E-state index in [4.69, 9.17) is 18.7 Å². The summed E-state index contributed by atoms with van der Waals surface area (Å²) in [4.78, 5) is 25.9. The second-order valence-corrected chi connectivity index (χ2v) is 44.2. The smallest absolute Gasteiger partial charge is 0.232 e. The predicted molar refractivity (Wildman–Crippen MR) is 506 cm³/mol. The van der Waals surface area contributed by atoms with Crippen molar-refractivity contribution in [1.82, 2.24) is 67.5 Å². The van der Waals surface area contributed by atoms with E-state index >= 15 is 0 Å². The van der Waals surface area contributed by atoms with Gasteiger partial charge in [0.2, 0.25) is 20.0 Å². The van der Waals surface area contributed by atoms with Gasteiger partial charge in [-0.2, -0.15) is 9.47 Å². The number of sulfonamides is 2. The number of imidazole rings is 4. The number of benzene rings is 6. The molecule has 0 fully saturated rings. The van der Waals surface area contributed by atoms with Gasteiger partial charge in [0, 0.05) is 79.8 Å². The minimum absolute atomic E-state index is 0.373. The monoisotopic (exact) mass is 1750 g/mol. The average molecular weight is 1750 g/mol. The van der Waals surface area contributed by atoms with Gasteiger partial charge in [0.1, 0.15) is 29.3 Å². The van der Waals surface area contributed by atoms with E-state index in [1.165, 1.54) is 77.2 Å². The molecule has 0 radical (unpaired) electrons. The van der Waals surface area contributed by atoms with Crippen LogP contribution in [0, 0.1) is 27.7 Å². The van der Waals surface area contributed by atoms with Crippen molar-refractivity contribution >= 4 is 77.3 Å². The minimum atomic E-state index is -3.16. The maximum Gasteiger partial charge on any atom is 0.232 e. The second-order valence-electron chi connectivity index (χ2n) is 34.8. The number of hydrogen-bond acceptors (Lipinski definition) is 18. The number of nitrogens with zero attached hydrogens (tertiary/aromatic N) is 16. The Morgan fingerprint density at radius 3 is 1.49 bits per heavy atom. The number of pyridine rings is 1. The van der Waals surface area contributed by atoms with Gasteiger partial charge in [0.05, 0.1) is 135 Å². The van der Waals surface area contributed by atoms with Crippen LogP contribution in [0.15, 0.2) is 176 Å². The maximum atomic E-state index is 11.5. The van der Waals surface area contributed by atoms with Gasteiger partial charge in [-0.25, -0.2) is 46.4 Å². The first-order valence-corrected chi connectivity index (χ1v) is 50.2. The number of aromatic nitrogens is 14. The van der Waals surface area contributed by atoms with Crippen LogP contribution in [0.2, 0.25) is 19.1 Å². The lowest BCUT2D eigenvalue weighted by atomic mass is 9.95. The molecule has 17 rings (SSSR count). The molecule has 0 N–H and O–H groups in total. The molecular formula is C96H124N16O8S3Si. The highest BCUT2D eigenvalue weighted by Crippen LogP contribution is 2.38. The van der Waals surface area contributed by atoms with Crippen molar-refractivity contribution in [2.45, 2.75) is 211 Å². The number of methoxy groups -OCH3 is 3. The van der Waals surface area contributed by atoms with E-state index in [0.717, 1.165) is 109 Å². The zero-order valence-corrected chi connectivity index (χ0v) is 80.3. The molecule has 124 heavy (non-hydrogen) atoms. The van der Waals surface area contributed by atoms with Crippen molar-refractivity contribution < 1.29 is 35.6 Å². The molecule has 0 saturated heterocycles. The van der Waals surface area contributed by atoms with E-state index in [1.54, 1.807) is 79.0 Å². The Morgan fingerprint density at radius 2 is 0.960 bits per heavy atom. The van der Waals surface area contributed by atoms with Gasteiger partial charge in [-0.3, -0.25) is 13.6 Å². The lowest BCUT2D eigenvalue weighted by Gasteiger charge is -2.23. The van der Waals surface area contributed by atoms with Crippen molar-refractivity contribution in [3.05, 3.63) is 256 Å². The number of anilines is 2. The Labute approximate surface area is 738 Å². The quantitative estimate of drug-likeness (QED) is 0.0723. The highest BCUT2D eigenvalue weighted by atomic mass is 32.2. The molecule has 0 atom stereocenters. The lowest BCUT2D eigenvalue weighted by molar-refractivity contribution is 0.182. The lowest BCUT2D eigenvalue weighted by Crippen LogP contribution is -2.40. The number of ether oxygens (including phenoxy) is 3. The van der Waals surface area contributed by atoms with Crippen LogP contribution in [0.3, 0.4) is 0 Å². The number of fused-ring (bicyclic) bond motifs is 5. The second kappa shape index (κ2) is 40.4. The standard InChI is InChI=1S/C17H24N2Si.C15H20N2O2.C14H15N3O.C14H15N3S.C13H17N3O.C12H17NO2S.C11H16N2O2S/c1-12(2)14-6-7-16(19-10-13(3)18-11-19)17-15(14)8-9-20(17,4)5;1-11(2)12-5-6-14(15(7-12)19-4)17-8-13(9-18-3)16-10-17;2*1-9(2)11-4-5-13(14-12(11)6-16-18-14)17-7-10(3)15-8-17;1-9(2)11-5-6-12(13(7-11)17-4)16-8-14-10(3)15-16;1-9(2)10-4-5-12-11(8-10)6-7-13(12)16(3,14)15;1-8(2)9-4-5-11-10(12-9)6-7-13(11)16(3,14)15/h6-7,10-12H,8-9H2,1-5H3;5-8,10-11H,9H2,1-4H3;2*4-9H,1-3H3;5-9H,1-4H3;4-5,8-9H,6-7H2,1-3H3;4-5,8H,6-7H2,1-3H3. The highest BCUT2D eigenvalue weighted by Gasteiger charge is 2.37. The Hall–Kier alpha value is -10.9. The Kier molecular flexibility index (Phi) is 30.5. The van der Waals surface area contributed by atoms with Crippen LogP contribution >= 0.6 is 11.5 Å². The summed E-state index contributed by atoms with van der Waals surface area (Å²) < 4.78 is 85.9. The van der Waals surface area contributed by atoms with E-state index in [9.17, 15) is 16.8 Å². The van der Waals surface area contributed by atoms with Gasteiger partial charge < -0.3 is 37.0 Å². The summed E-state index contributed by atoms with van der Waals surface area (Å²) in [7, 11) is -2.55. The van der Waals surface area contributed by atoms with Crippen molar-refractivity contribution in [1.29, 1.82) is 0 Å². The fourth-order valence-electron chi connectivity index (χ4n) is 15.7. The molecule has 0 amide bonds. The van der Waals surface area contributed by atoms with E-state index in [2.05, 4.69) is 250 Å². The molecule has 11 heterocycles. The molecular weight excluding hydrogens is 1630 g/mol. The third-order valence-electron chi connectivity index (χ3n) is 22.5. The first kappa shape index (κ1) is 93.8. The Morgan fingerprint density at radius 1 is 0.476 bits per heavy atom. The molecule has 0 saturated carbocycles. The van der Waals surface area contributed by atoms with Crippen molar-refractivity contribution in [2.75, 3.05) is 55.5 Å². The van der Waals surface area contributed by atoms with Gasteiger partial charge >= 0.3 is 0 Å². The minimum Gasteiger partial charge on any atom is -0.495 e. The van der Waals surface area contributed by atoms with Crippen molar-refractivity contribution in [2.24, 2.45) is 0 Å². The molecule has 0 bridgehead atoms. The summed E-state index contributed by atoms with van der Waals surface area (Å²) in [5.74, 6) is 5.83. The maximum absolute atomic E-state index is 11.5. The number of aryl methyl sites for hydroxylation is 4. The zero-order valence-electron chi connectivity index (χ0n) is 76.8. The molecule has 3 aliphatic rings. The zero-order chi connectivity index (χ0) is 90.0. The van der Waals surface area contributed by atoms with E-state index in [-0.39, 0.29) is 0 Å². The van der Waals surface area contributed by atoms with Crippen LogP contribution in [-0.4, -0.2) is 139 Å². The molecule has 14 aromatic rings. The van der Waals surface area contributed by atoms with Crippen LogP contribution in [0.5, 0.6) is 11.5 Å². The van der Waals surface area contributed by atoms with Gasteiger partial charge in [0.15, 0.2) is 5.58 Å². The molecule has 0 unspecified atom stereocenters. The van der Waals surface area contributed by atoms with Gasteiger partial charge in [-0.15, -0.1) is 0 Å². The molecule has 0 spiro atoms. The fraction of sp³-hybridized carbons (Fsp3) is 0.406. The summed E-state index contributed by atoms with van der Waals surface area (Å²) in [5.41, 5.74) is 24.5. The first-order chi connectivity index (χ1) is 58.8. The molecule has 0 aliphatic carbocycles. The summed E-state index contributed by atoms with van der Waals surface area (Å²) in [6.07, 6.45) is 26.3. The molecule has 8 aromatic heterocycles. The van der Waals surface area contributed by atoms with Crippen molar-refractivity contribution in [3.63, 3.8) is 0 Å². The topological polar surface area (TPSA) is 256 Å². The predicted octanol–water partition coefficient (Wildman–Crippen LogP) is 20.7. The van der Waals surface area contributed by atoms with Crippen LogP contribution in [0.1, 0.15) is 223 Å². The highest BCUT2D eigenvalue weighted by molar-refractivity contribution is 7.92. The van der Waals surface area contributed by atoms with E-state index in [0.29, 0.717) is 67.5 Å². The van der Waals surface area contributed by atoms with E-state index in [1.807, 2.05) is 97.7 Å². The SMILES string of the molecule is CC(C)c1ccc2c(c1)CCN2S(C)(=O)=O.CC(C)c1ccc2c(n1)CCN2S(C)(=O)=O.COCc1cn(-c2ccc(C(C)C)cc2OC)cn1.COc1cc(C(C)C)ccc1-n1cnc(C)n1.Cc1cn(-c2ccc(C(C)C)c3c2[Si](C)(C)CC3)cn1.Cc1cn(-c2ccc(C(C)C)c3cnoc23)cn1.Cc1cn(-c2ccc(C(C)C)c3cnsc23)cn1. The molecule has 3 aliphatic heterocycles. The van der Waals surface area contributed by atoms with Crippen LogP contribution in [0.4, 0.5) is 11.4 Å². The normalized spacial score (nSPS) is 13.3. The largest absolute Gasteiger partial charge is 0.495 e. The summed E-state index contributed by atoms with van der Waals surface area (Å²) >= 11 is 1.55.